The van der Waals surface area contributed by atoms with Crippen molar-refractivity contribution < 1.29 is 28.9 Å². The number of benzene rings is 6. The number of hydrogen-bond donors (Lipinski definition) is 2. The lowest BCUT2D eigenvalue weighted by Crippen LogP contribution is -2.52. The molecule has 0 aromatic heterocycles. The molecule has 3 heterocycles. The van der Waals surface area contributed by atoms with Crippen LogP contribution in [0.5, 0.6) is 0 Å². The molecule has 6 aromatic carbocycles. The van der Waals surface area contributed by atoms with Crippen molar-refractivity contribution in [3.63, 3.8) is 0 Å². The van der Waals surface area contributed by atoms with E-state index in [4.69, 9.17) is 65.9 Å². The van der Waals surface area contributed by atoms with Gasteiger partial charge in [0.25, 0.3) is 0 Å². The second-order valence-corrected chi connectivity index (χ2v) is 23.7. The monoisotopic (exact) mass is 1270 g/mol. The number of nitriles is 2. The zero-order chi connectivity index (χ0) is 56.6. The van der Waals surface area contributed by atoms with Crippen LogP contribution >= 0.6 is 70.4 Å². The van der Waals surface area contributed by atoms with Gasteiger partial charge in [0.1, 0.15) is 16.8 Å². The van der Waals surface area contributed by atoms with Crippen LogP contribution < -0.4 is 15.1 Å². The number of nitrogens with one attached hydrogen (secondary N) is 1. The predicted molar refractivity (Wildman–Crippen MR) is 333 cm³/mol. The van der Waals surface area contributed by atoms with Gasteiger partial charge in [-0.15, -0.1) is 24.0 Å². The first-order valence-electron chi connectivity index (χ1n) is 25.8. The number of epoxide rings is 1. The first-order chi connectivity index (χ1) is 36.8. The Morgan fingerprint density at radius 2 is 1.10 bits per heavy atom. The second kappa shape index (κ2) is 28.0. The Morgan fingerprint density at radius 1 is 0.662 bits per heavy atom. The molecule has 424 valence electrons. The maximum absolute atomic E-state index is 12.4. The average molecular weight is 1280 g/mol. The van der Waals surface area contributed by atoms with E-state index in [1.165, 1.54) is 5.56 Å². The predicted octanol–water partition coefficient (Wildman–Crippen LogP) is 14.7. The van der Waals surface area contributed by atoms with Gasteiger partial charge in [-0.1, -0.05) is 102 Å². The molecule has 3 saturated heterocycles. The van der Waals surface area contributed by atoms with E-state index < -0.39 is 22.8 Å². The summed E-state index contributed by atoms with van der Waals surface area (Å²) in [6.07, 6.45) is 0. The minimum Gasteiger partial charge on any atom is -0.456 e. The molecular weight excluding hydrogens is 1210 g/mol. The molecule has 3 aliphatic heterocycles. The van der Waals surface area contributed by atoms with Gasteiger partial charge in [-0.3, -0.25) is 4.90 Å². The van der Waals surface area contributed by atoms with Crippen LogP contribution in [0.4, 0.5) is 11.4 Å². The highest BCUT2D eigenvalue weighted by molar-refractivity contribution is 14.0. The van der Waals surface area contributed by atoms with Crippen LogP contribution in [0.25, 0.3) is 0 Å². The molecule has 0 bridgehead atoms. The number of piperazine rings is 2. The van der Waals surface area contributed by atoms with Crippen molar-refractivity contribution in [1.82, 2.24) is 10.2 Å². The quantitative estimate of drug-likeness (QED) is 0.0762. The first-order valence-corrected chi connectivity index (χ1v) is 27.3. The summed E-state index contributed by atoms with van der Waals surface area (Å²) in [6, 6.07) is 45.2. The van der Waals surface area contributed by atoms with Crippen molar-refractivity contribution in [2.24, 2.45) is 0 Å². The van der Waals surface area contributed by atoms with Crippen LogP contribution in [0.2, 0.25) is 20.1 Å². The number of hydrogen-bond acceptors (Lipinski definition) is 12. The highest BCUT2D eigenvalue weighted by Gasteiger charge is 2.41. The van der Waals surface area contributed by atoms with E-state index in [0.717, 1.165) is 59.3 Å². The lowest BCUT2D eigenvalue weighted by molar-refractivity contribution is 0.00550. The molecule has 12 nitrogen and oxygen atoms in total. The Labute approximate surface area is 509 Å². The number of carbonyl (C=O) groups excluding carboxylic acids is 2. The van der Waals surface area contributed by atoms with Gasteiger partial charge in [-0.25, -0.2) is 9.59 Å². The van der Waals surface area contributed by atoms with E-state index in [0.29, 0.717) is 63.5 Å². The average Bonchev–Trinajstić information content (AvgIpc) is 4.18. The third-order valence-electron chi connectivity index (χ3n) is 13.4. The van der Waals surface area contributed by atoms with Crippen LogP contribution in [0, 0.1) is 22.7 Å². The summed E-state index contributed by atoms with van der Waals surface area (Å²) in [7, 11) is 0. The second-order valence-electron chi connectivity index (χ2n) is 22.0. The van der Waals surface area contributed by atoms with Crippen LogP contribution in [0.15, 0.2) is 133 Å². The zero-order valence-electron chi connectivity index (χ0n) is 45.7. The van der Waals surface area contributed by atoms with Crippen LogP contribution in [0.1, 0.15) is 129 Å². The number of nitrogens with zero attached hydrogens (tertiary/aromatic N) is 5. The first kappa shape index (κ1) is 65.4. The fourth-order valence-electron chi connectivity index (χ4n) is 9.24. The van der Waals surface area contributed by atoms with E-state index in [9.17, 15) is 20.0 Å². The Kier molecular flexibility index (Phi) is 22.9. The SMILES string of the molecule is C.CC(C)(C)OC(=O)c1ccc([C@@]2(C)CO2)cc1.CC(C)(C)OC(=O)c1ccc([C@](C)(O)CN2CCN(c3ccc(C#N)cc3Cl)[C@H](c3ccc(Cl)cc3)C2)cc1.I.N#Cc1ccc(N2CCNC[C@H]2c2ccc(Cl)cc2)c(Cl)c1. The van der Waals surface area contributed by atoms with E-state index in [1.54, 1.807) is 61.5 Å². The van der Waals surface area contributed by atoms with Gasteiger partial charge in [0.05, 0.1) is 80.1 Å². The van der Waals surface area contributed by atoms with Crippen molar-refractivity contribution in [3.8, 4) is 12.1 Å². The van der Waals surface area contributed by atoms with Crippen LogP contribution in [-0.4, -0.2) is 85.6 Å². The molecule has 3 fully saturated rings. The fraction of sp³-hybridized carbons (Fsp3) is 0.365. The highest BCUT2D eigenvalue weighted by Crippen LogP contribution is 2.40. The van der Waals surface area contributed by atoms with Gasteiger partial charge in [-0.05, 0) is 163 Å². The third-order valence-corrected chi connectivity index (χ3v) is 14.5. The highest BCUT2D eigenvalue weighted by atomic mass is 127. The maximum Gasteiger partial charge on any atom is 0.338 e. The minimum absolute atomic E-state index is 0. The summed E-state index contributed by atoms with van der Waals surface area (Å²) in [4.78, 5) is 30.9. The van der Waals surface area contributed by atoms with E-state index in [1.807, 2.05) is 127 Å². The lowest BCUT2D eigenvalue weighted by Gasteiger charge is -2.45. The maximum atomic E-state index is 12.4. The van der Waals surface area contributed by atoms with E-state index >= 15 is 0 Å². The molecule has 0 amide bonds. The molecule has 17 heteroatoms. The lowest BCUT2D eigenvalue weighted by atomic mass is 9.93. The van der Waals surface area contributed by atoms with Crippen molar-refractivity contribution in [2.75, 3.05) is 62.2 Å². The summed E-state index contributed by atoms with van der Waals surface area (Å²) in [5, 5.41) is 35.7. The number of aliphatic hydroxyl groups is 1. The Balaban J connectivity index is 0.000000241. The summed E-state index contributed by atoms with van der Waals surface area (Å²) >= 11 is 25.1. The molecule has 0 unspecified atom stereocenters. The van der Waals surface area contributed by atoms with Gasteiger partial charge in [0, 0.05) is 55.9 Å². The summed E-state index contributed by atoms with van der Waals surface area (Å²) in [5.41, 5.74) is 5.69. The Hall–Kier alpha value is -5.43. The van der Waals surface area contributed by atoms with Gasteiger partial charge >= 0.3 is 11.9 Å². The molecule has 0 saturated carbocycles. The van der Waals surface area contributed by atoms with Crippen molar-refractivity contribution in [3.05, 3.63) is 198 Å². The summed E-state index contributed by atoms with van der Waals surface area (Å²) in [6.45, 7) is 20.7. The van der Waals surface area contributed by atoms with Gasteiger partial charge in [0.2, 0.25) is 0 Å². The van der Waals surface area contributed by atoms with Crippen LogP contribution in [0.3, 0.4) is 0 Å². The molecule has 0 radical (unpaired) electrons. The van der Waals surface area contributed by atoms with E-state index in [-0.39, 0.29) is 55.1 Å². The number of ether oxygens (including phenoxy) is 3. The molecule has 4 atom stereocenters. The number of rotatable bonds is 10. The fourth-order valence-corrected chi connectivity index (χ4v) is 10.1. The van der Waals surface area contributed by atoms with Crippen molar-refractivity contribution in [2.45, 2.75) is 97.3 Å². The molecule has 0 spiro atoms. The smallest absolute Gasteiger partial charge is 0.338 e. The van der Waals surface area contributed by atoms with Crippen molar-refractivity contribution >= 4 is 93.7 Å². The van der Waals surface area contributed by atoms with E-state index in [2.05, 4.69) is 32.2 Å². The number of β-amino-alcohol motifs (C(OH)–C–C–N with tert-alkyl or cyclic N) is 1. The topological polar surface area (TPSA) is 155 Å². The normalized spacial score (nSPS) is 18.6. The molecule has 9 rings (SSSR count). The zero-order valence-corrected chi connectivity index (χ0v) is 51.0. The number of anilines is 2. The molecular formula is C63H71Cl4IN6O6. The van der Waals surface area contributed by atoms with Gasteiger partial charge in [0.15, 0.2) is 0 Å². The largest absolute Gasteiger partial charge is 0.456 e. The molecule has 80 heavy (non-hydrogen) atoms. The van der Waals surface area contributed by atoms with Crippen LogP contribution in [-0.2, 0) is 25.4 Å². The Bertz CT molecular complexity index is 3130. The Morgan fingerprint density at radius 3 is 1.52 bits per heavy atom. The third kappa shape index (κ3) is 17.8. The summed E-state index contributed by atoms with van der Waals surface area (Å²) < 4.78 is 16.1. The minimum atomic E-state index is -1.15. The standard InChI is InChI=1S/C31H33Cl2N3O3.C17H15Cl2N3.C14H18O3.CH4.HI/c1-30(2,3)39-29(37)23-6-10-24(11-7-23)31(4,38)20-35-15-16-36(27-14-5-21(18-34)17-26(27)33)28(19-35)22-8-12-25(32)13-9-22;18-14-4-2-13(3-5-14)17-11-21-7-8-22(17)16-6-1-12(10-20)9-15(16)19;1-13(2,3)17-12(15)10-5-7-11(8-6-10)14(4)9-16-14;;/h5-14,17,28,38H,15-16,19-20H2,1-4H3;1-6,9,17,21H,7-8,11H2;5-8H,9H2,1-4H3;1H4;1H/t28-,31+;17-;14-;;/m001../s1. The number of carbonyl (C=O) groups is 2. The molecule has 0 aliphatic carbocycles. The summed E-state index contributed by atoms with van der Waals surface area (Å²) in [5.74, 6) is -0.678. The molecule has 2 N–H and O–H groups in total. The number of esters is 2. The molecule has 3 aliphatic rings. The number of halogens is 5. The van der Waals surface area contributed by atoms with Crippen molar-refractivity contribution in [1.29, 1.82) is 10.5 Å². The van der Waals surface area contributed by atoms with Gasteiger partial charge < -0.3 is 34.4 Å². The molecule has 6 aromatic rings. The van der Waals surface area contributed by atoms with Gasteiger partial charge in [-0.2, -0.15) is 10.5 Å².